The molecule has 1 aliphatic carbocycles. The van der Waals surface area contributed by atoms with E-state index in [0.29, 0.717) is 11.4 Å². The van der Waals surface area contributed by atoms with Crippen molar-refractivity contribution >= 4 is 29.3 Å². The van der Waals surface area contributed by atoms with E-state index in [2.05, 4.69) is 5.32 Å². The second-order valence-electron chi connectivity index (χ2n) is 6.20. The smallest absolute Gasteiger partial charge is 0.248 e. The van der Waals surface area contributed by atoms with Crippen LogP contribution in [0.2, 0.25) is 0 Å². The Kier molecular flexibility index (Phi) is 3.69. The van der Waals surface area contributed by atoms with Crippen molar-refractivity contribution in [3.05, 3.63) is 54.0 Å². The number of anilines is 2. The van der Waals surface area contributed by atoms with Gasteiger partial charge in [0, 0.05) is 29.9 Å². The topological polar surface area (TPSA) is 62.6 Å². The van der Waals surface area contributed by atoms with E-state index < -0.39 is 0 Å². The predicted molar refractivity (Wildman–Crippen MR) is 91.6 cm³/mol. The average Bonchev–Trinajstić information content (AvgIpc) is 3.14. The van der Waals surface area contributed by atoms with E-state index in [0.717, 1.165) is 37.1 Å². The Morgan fingerprint density at radius 1 is 1.25 bits per heavy atom. The van der Waals surface area contributed by atoms with Gasteiger partial charge < -0.3 is 14.6 Å². The Morgan fingerprint density at radius 3 is 2.88 bits per heavy atom. The van der Waals surface area contributed by atoms with Gasteiger partial charge in [-0.1, -0.05) is 6.07 Å². The molecule has 0 radical (unpaired) electrons. The number of nitrogens with one attached hydrogen (secondary N) is 1. The summed E-state index contributed by atoms with van der Waals surface area (Å²) in [5.41, 5.74) is 2.78. The number of fused-ring (bicyclic) bond motifs is 1. The van der Waals surface area contributed by atoms with Gasteiger partial charge in [0.1, 0.15) is 5.76 Å². The predicted octanol–water partition coefficient (Wildman–Crippen LogP) is 3.23. The van der Waals surface area contributed by atoms with Gasteiger partial charge in [-0.15, -0.1) is 0 Å². The van der Waals surface area contributed by atoms with Crippen molar-refractivity contribution < 1.29 is 14.0 Å². The van der Waals surface area contributed by atoms with Crippen LogP contribution in [0.5, 0.6) is 0 Å². The molecule has 1 fully saturated rings. The van der Waals surface area contributed by atoms with E-state index in [1.54, 1.807) is 24.5 Å². The van der Waals surface area contributed by atoms with E-state index in [9.17, 15) is 9.59 Å². The van der Waals surface area contributed by atoms with Crippen molar-refractivity contribution in [1.82, 2.24) is 0 Å². The third-order valence-corrected chi connectivity index (χ3v) is 4.38. The quantitative estimate of drug-likeness (QED) is 0.879. The van der Waals surface area contributed by atoms with Crippen LogP contribution < -0.4 is 10.2 Å². The lowest BCUT2D eigenvalue weighted by atomic mass is 10.1. The van der Waals surface area contributed by atoms with E-state index in [4.69, 9.17) is 4.42 Å². The summed E-state index contributed by atoms with van der Waals surface area (Å²) in [5.74, 6) is 0.810. The van der Waals surface area contributed by atoms with E-state index in [1.807, 2.05) is 23.1 Å². The highest BCUT2D eigenvalue weighted by atomic mass is 16.3. The molecule has 2 aliphatic rings. The summed E-state index contributed by atoms with van der Waals surface area (Å²) in [6.07, 6.45) is 7.48. The molecule has 122 valence electrons. The molecule has 5 heteroatoms. The number of furan rings is 1. The molecule has 0 atom stereocenters. The number of nitrogens with zero attached hydrogens (tertiary/aromatic N) is 1. The standard InChI is InChI=1S/C19H18N2O3/c22-18(8-7-16-2-1-11-24-16)20-15-6-5-13-9-10-21(17(13)12-15)19(23)14-3-4-14/h1-2,5-8,11-12,14H,3-4,9-10H2,(H,20,22). The van der Waals surface area contributed by atoms with Crippen LogP contribution in [0.4, 0.5) is 11.4 Å². The lowest BCUT2D eigenvalue weighted by Gasteiger charge is -2.17. The van der Waals surface area contributed by atoms with Gasteiger partial charge in [0.2, 0.25) is 11.8 Å². The van der Waals surface area contributed by atoms with Crippen LogP contribution in [-0.4, -0.2) is 18.4 Å². The van der Waals surface area contributed by atoms with Gasteiger partial charge in [-0.3, -0.25) is 9.59 Å². The second-order valence-corrected chi connectivity index (χ2v) is 6.20. The number of carbonyl (C=O) groups is 2. The van der Waals surface area contributed by atoms with E-state index in [1.165, 1.54) is 6.08 Å². The highest BCUT2D eigenvalue weighted by molar-refractivity contribution is 6.03. The number of amides is 2. The fourth-order valence-corrected chi connectivity index (χ4v) is 2.96. The summed E-state index contributed by atoms with van der Waals surface area (Å²) in [4.78, 5) is 26.2. The zero-order valence-electron chi connectivity index (χ0n) is 13.2. The molecule has 0 saturated heterocycles. The summed E-state index contributed by atoms with van der Waals surface area (Å²) in [6.45, 7) is 0.737. The van der Waals surface area contributed by atoms with Crippen LogP contribution in [0, 0.1) is 5.92 Å². The molecule has 2 aromatic rings. The number of benzene rings is 1. The molecule has 1 aromatic carbocycles. The Morgan fingerprint density at radius 2 is 2.12 bits per heavy atom. The van der Waals surface area contributed by atoms with Crippen molar-refractivity contribution in [2.75, 3.05) is 16.8 Å². The minimum atomic E-state index is -0.232. The van der Waals surface area contributed by atoms with E-state index >= 15 is 0 Å². The monoisotopic (exact) mass is 322 g/mol. The SMILES string of the molecule is O=C(C=Cc1ccco1)Nc1ccc2c(c1)N(C(=O)C1CC1)CC2. The molecular formula is C19H18N2O3. The molecule has 2 heterocycles. The van der Waals surface area contributed by atoms with Crippen molar-refractivity contribution in [2.24, 2.45) is 5.92 Å². The van der Waals surface area contributed by atoms with Crippen LogP contribution >= 0.6 is 0 Å². The highest BCUT2D eigenvalue weighted by Gasteiger charge is 2.36. The molecule has 24 heavy (non-hydrogen) atoms. The van der Waals surface area contributed by atoms with Gasteiger partial charge in [0.25, 0.3) is 0 Å². The average molecular weight is 322 g/mol. The fourth-order valence-electron chi connectivity index (χ4n) is 2.96. The normalized spacial score (nSPS) is 16.4. The fraction of sp³-hybridized carbons (Fsp3) is 0.263. The zero-order chi connectivity index (χ0) is 16.5. The molecule has 1 N–H and O–H groups in total. The first kappa shape index (κ1) is 14.8. The van der Waals surface area contributed by atoms with Crippen LogP contribution in [0.1, 0.15) is 24.2 Å². The largest absolute Gasteiger partial charge is 0.465 e. The van der Waals surface area contributed by atoms with Gasteiger partial charge >= 0.3 is 0 Å². The summed E-state index contributed by atoms with van der Waals surface area (Å²) < 4.78 is 5.15. The minimum absolute atomic E-state index is 0.199. The van der Waals surface area contributed by atoms with Crippen LogP contribution in [0.25, 0.3) is 6.08 Å². The molecule has 4 rings (SSSR count). The Bertz CT molecular complexity index is 804. The van der Waals surface area contributed by atoms with Crippen LogP contribution in [0.15, 0.2) is 47.1 Å². The van der Waals surface area contributed by atoms with Gasteiger partial charge in [-0.2, -0.15) is 0 Å². The summed E-state index contributed by atoms with van der Waals surface area (Å²) in [7, 11) is 0. The number of hydrogen-bond acceptors (Lipinski definition) is 3. The first-order valence-corrected chi connectivity index (χ1v) is 8.17. The molecular weight excluding hydrogens is 304 g/mol. The number of carbonyl (C=O) groups excluding carboxylic acids is 2. The number of rotatable bonds is 4. The van der Waals surface area contributed by atoms with E-state index in [-0.39, 0.29) is 17.7 Å². The van der Waals surface area contributed by atoms with Crippen molar-refractivity contribution in [2.45, 2.75) is 19.3 Å². The van der Waals surface area contributed by atoms with Gasteiger partial charge in [-0.05, 0) is 55.2 Å². The minimum Gasteiger partial charge on any atom is -0.465 e. The molecule has 0 unspecified atom stereocenters. The van der Waals surface area contributed by atoms with Crippen LogP contribution in [0.3, 0.4) is 0 Å². The van der Waals surface area contributed by atoms with Gasteiger partial charge in [0.05, 0.1) is 6.26 Å². The first-order chi connectivity index (χ1) is 11.7. The summed E-state index contributed by atoms with van der Waals surface area (Å²) >= 11 is 0. The van der Waals surface area contributed by atoms with Crippen molar-refractivity contribution in [1.29, 1.82) is 0 Å². The lowest BCUT2D eigenvalue weighted by molar-refractivity contribution is -0.119. The third kappa shape index (κ3) is 2.97. The third-order valence-electron chi connectivity index (χ3n) is 4.38. The zero-order valence-corrected chi connectivity index (χ0v) is 13.2. The van der Waals surface area contributed by atoms with Gasteiger partial charge in [0.15, 0.2) is 0 Å². The molecule has 1 aromatic heterocycles. The first-order valence-electron chi connectivity index (χ1n) is 8.17. The Balaban J connectivity index is 1.47. The maximum atomic E-state index is 12.4. The second kappa shape index (κ2) is 6.00. The molecule has 2 amide bonds. The van der Waals surface area contributed by atoms with Crippen molar-refractivity contribution in [3.63, 3.8) is 0 Å². The van der Waals surface area contributed by atoms with Crippen LogP contribution in [-0.2, 0) is 16.0 Å². The number of hydrogen-bond donors (Lipinski definition) is 1. The summed E-state index contributed by atoms with van der Waals surface area (Å²) in [6, 6.07) is 9.30. The van der Waals surface area contributed by atoms with Gasteiger partial charge in [-0.25, -0.2) is 0 Å². The lowest BCUT2D eigenvalue weighted by Crippen LogP contribution is -2.30. The molecule has 0 bridgehead atoms. The maximum Gasteiger partial charge on any atom is 0.248 e. The molecule has 0 spiro atoms. The molecule has 1 aliphatic heterocycles. The summed E-state index contributed by atoms with van der Waals surface area (Å²) in [5, 5.41) is 2.83. The molecule has 1 saturated carbocycles. The highest BCUT2D eigenvalue weighted by Crippen LogP contribution is 2.37. The Hall–Kier alpha value is -2.82. The Labute approximate surface area is 139 Å². The van der Waals surface area contributed by atoms with Crippen molar-refractivity contribution in [3.8, 4) is 0 Å². The molecule has 5 nitrogen and oxygen atoms in total. The maximum absolute atomic E-state index is 12.4.